The first-order chi connectivity index (χ1) is 12.7. The molecule has 3 rings (SSSR count). The molecular weight excluding hydrogens is 322 g/mol. The van der Waals surface area contributed by atoms with Gasteiger partial charge in [-0.2, -0.15) is 0 Å². The van der Waals surface area contributed by atoms with E-state index in [1.54, 1.807) is 7.11 Å². The van der Waals surface area contributed by atoms with Crippen molar-refractivity contribution in [2.45, 2.75) is 19.4 Å². The Kier molecular flexibility index (Phi) is 6.08. The summed E-state index contributed by atoms with van der Waals surface area (Å²) in [4.78, 5) is 6.90. The van der Waals surface area contributed by atoms with E-state index in [1.807, 2.05) is 24.4 Å². The van der Waals surface area contributed by atoms with E-state index in [0.29, 0.717) is 6.04 Å². The summed E-state index contributed by atoms with van der Waals surface area (Å²) in [7, 11) is 3.87. The number of pyridine rings is 1. The smallest absolute Gasteiger partial charge is 0.121 e. The number of nitrogens with one attached hydrogen (secondary N) is 1. The zero-order valence-corrected chi connectivity index (χ0v) is 15.8. The molecule has 1 atom stereocenters. The molecule has 0 bridgehead atoms. The highest BCUT2D eigenvalue weighted by atomic mass is 16.5. The number of methoxy groups -OCH3 is 1. The Morgan fingerprint density at radius 3 is 2.69 bits per heavy atom. The average Bonchev–Trinajstić information content (AvgIpc) is 2.68. The van der Waals surface area contributed by atoms with Gasteiger partial charge in [-0.25, -0.2) is 0 Å². The fraction of sp³-hybridized carbons (Fsp3) is 0.318. The number of nitrogens with zero attached hydrogens (tertiary/aromatic N) is 2. The molecule has 136 valence electrons. The molecule has 0 aliphatic rings. The molecule has 1 N–H and O–H groups in total. The zero-order valence-electron chi connectivity index (χ0n) is 15.8. The van der Waals surface area contributed by atoms with Crippen molar-refractivity contribution in [2.24, 2.45) is 0 Å². The Balaban J connectivity index is 1.60. The maximum absolute atomic E-state index is 5.42. The largest absolute Gasteiger partial charge is 0.497 e. The molecule has 26 heavy (non-hydrogen) atoms. The van der Waals surface area contributed by atoms with Gasteiger partial charge in [0.15, 0.2) is 0 Å². The summed E-state index contributed by atoms with van der Waals surface area (Å²) < 4.78 is 5.42. The third-order valence-electron chi connectivity index (χ3n) is 4.82. The fourth-order valence-electron chi connectivity index (χ4n) is 3.12. The third-order valence-corrected chi connectivity index (χ3v) is 4.82. The molecule has 0 aliphatic heterocycles. The van der Waals surface area contributed by atoms with Crippen LogP contribution >= 0.6 is 0 Å². The van der Waals surface area contributed by atoms with Crippen LogP contribution in [-0.4, -0.2) is 43.2 Å². The predicted molar refractivity (Wildman–Crippen MR) is 109 cm³/mol. The van der Waals surface area contributed by atoms with Crippen LogP contribution in [0.1, 0.15) is 12.5 Å². The van der Waals surface area contributed by atoms with Gasteiger partial charge in [0, 0.05) is 36.8 Å². The summed E-state index contributed by atoms with van der Waals surface area (Å²) in [6.45, 7) is 4.09. The van der Waals surface area contributed by atoms with Crippen LogP contribution in [0.15, 0.2) is 60.8 Å². The lowest BCUT2D eigenvalue weighted by molar-refractivity contribution is 0.266. The molecule has 0 unspecified atom stereocenters. The number of rotatable bonds is 8. The minimum Gasteiger partial charge on any atom is -0.497 e. The molecule has 4 heteroatoms. The van der Waals surface area contributed by atoms with E-state index >= 15 is 0 Å². The van der Waals surface area contributed by atoms with Gasteiger partial charge in [-0.1, -0.05) is 36.4 Å². The Morgan fingerprint density at radius 2 is 1.92 bits per heavy atom. The van der Waals surface area contributed by atoms with Crippen molar-refractivity contribution in [2.75, 3.05) is 32.6 Å². The number of hydrogen-bond acceptors (Lipinski definition) is 4. The summed E-state index contributed by atoms with van der Waals surface area (Å²) in [5.74, 6) is 0.846. The van der Waals surface area contributed by atoms with Gasteiger partial charge in [-0.3, -0.25) is 4.98 Å². The lowest BCUT2D eigenvalue weighted by Crippen LogP contribution is -2.34. The van der Waals surface area contributed by atoms with E-state index < -0.39 is 0 Å². The van der Waals surface area contributed by atoms with E-state index in [4.69, 9.17) is 4.74 Å². The maximum Gasteiger partial charge on any atom is 0.121 e. The molecule has 0 aliphatic carbocycles. The standard InChI is InChI=1S/C22H27N3O/c1-17(14-18-8-5-4-6-9-18)25(2)13-12-23-21-16-20(26-3)15-19-10-7-11-24-22(19)21/h4-11,15-17,23H,12-14H2,1-3H3/t17-/m1/s1. The van der Waals surface area contributed by atoms with Crippen molar-refractivity contribution < 1.29 is 4.74 Å². The van der Waals surface area contributed by atoms with Crippen LogP contribution in [0, 0.1) is 0 Å². The summed E-state index contributed by atoms with van der Waals surface area (Å²) in [6.07, 6.45) is 2.88. The van der Waals surface area contributed by atoms with Crippen molar-refractivity contribution in [1.29, 1.82) is 0 Å². The van der Waals surface area contributed by atoms with Crippen LogP contribution in [0.2, 0.25) is 0 Å². The summed E-state index contributed by atoms with van der Waals surface area (Å²) in [6, 6.07) is 19.2. The monoisotopic (exact) mass is 349 g/mol. The lowest BCUT2D eigenvalue weighted by Gasteiger charge is -2.25. The molecule has 0 saturated heterocycles. The second kappa shape index (κ2) is 8.68. The molecule has 3 aromatic rings. The lowest BCUT2D eigenvalue weighted by atomic mass is 10.1. The minimum atomic E-state index is 0.486. The molecular formula is C22H27N3O. The van der Waals surface area contributed by atoms with Crippen LogP contribution in [0.5, 0.6) is 5.75 Å². The summed E-state index contributed by atoms with van der Waals surface area (Å²) in [5.41, 5.74) is 3.38. The molecule has 4 nitrogen and oxygen atoms in total. The van der Waals surface area contributed by atoms with Crippen molar-refractivity contribution in [3.05, 3.63) is 66.4 Å². The first kappa shape index (κ1) is 18.2. The number of fused-ring (bicyclic) bond motifs is 1. The Hall–Kier alpha value is -2.59. The molecule has 1 aromatic heterocycles. The zero-order chi connectivity index (χ0) is 18.4. The first-order valence-electron chi connectivity index (χ1n) is 9.08. The minimum absolute atomic E-state index is 0.486. The van der Waals surface area contributed by atoms with Crippen LogP contribution in [0.3, 0.4) is 0 Å². The second-order valence-corrected chi connectivity index (χ2v) is 6.70. The van der Waals surface area contributed by atoms with Gasteiger partial charge < -0.3 is 15.0 Å². The van der Waals surface area contributed by atoms with Crippen LogP contribution < -0.4 is 10.1 Å². The Labute approximate surface area is 155 Å². The van der Waals surface area contributed by atoms with Crippen LogP contribution in [0.4, 0.5) is 5.69 Å². The number of hydrogen-bond donors (Lipinski definition) is 1. The SMILES string of the molecule is COc1cc(NCCN(C)[C@H](C)Cc2ccccc2)c2ncccc2c1. The van der Waals surface area contributed by atoms with Gasteiger partial charge in [-0.05, 0) is 38.1 Å². The molecule has 2 aromatic carbocycles. The number of likely N-dealkylation sites (N-methyl/N-ethyl adjacent to an activating group) is 1. The molecule has 0 spiro atoms. The first-order valence-corrected chi connectivity index (χ1v) is 9.08. The molecule has 0 fully saturated rings. The summed E-state index contributed by atoms with van der Waals surface area (Å²) >= 11 is 0. The van der Waals surface area contributed by atoms with Gasteiger partial charge in [0.25, 0.3) is 0 Å². The third kappa shape index (κ3) is 4.52. The highest BCUT2D eigenvalue weighted by Gasteiger charge is 2.10. The maximum atomic E-state index is 5.42. The Bertz CT molecular complexity index is 835. The van der Waals surface area contributed by atoms with Gasteiger partial charge in [-0.15, -0.1) is 0 Å². The number of benzene rings is 2. The number of aromatic nitrogens is 1. The number of ether oxygens (including phenoxy) is 1. The quantitative estimate of drug-likeness (QED) is 0.661. The van der Waals surface area contributed by atoms with Crippen molar-refractivity contribution in [3.8, 4) is 5.75 Å². The fourth-order valence-corrected chi connectivity index (χ4v) is 3.12. The molecule has 0 saturated carbocycles. The highest BCUT2D eigenvalue weighted by molar-refractivity contribution is 5.91. The van der Waals surface area contributed by atoms with Crippen molar-refractivity contribution in [1.82, 2.24) is 9.88 Å². The molecule has 0 amide bonds. The van der Waals surface area contributed by atoms with E-state index in [1.165, 1.54) is 5.56 Å². The Morgan fingerprint density at radius 1 is 1.12 bits per heavy atom. The normalized spacial score (nSPS) is 12.3. The van der Waals surface area contributed by atoms with Crippen LogP contribution in [-0.2, 0) is 6.42 Å². The van der Waals surface area contributed by atoms with E-state index in [2.05, 4.69) is 65.6 Å². The highest BCUT2D eigenvalue weighted by Crippen LogP contribution is 2.27. The molecule has 1 heterocycles. The van der Waals surface area contributed by atoms with Crippen LogP contribution in [0.25, 0.3) is 10.9 Å². The van der Waals surface area contributed by atoms with Gasteiger partial charge in [0.05, 0.1) is 18.3 Å². The number of anilines is 1. The second-order valence-electron chi connectivity index (χ2n) is 6.70. The van der Waals surface area contributed by atoms with E-state index in [-0.39, 0.29) is 0 Å². The molecule has 0 radical (unpaired) electrons. The van der Waals surface area contributed by atoms with Gasteiger partial charge in [0.2, 0.25) is 0 Å². The topological polar surface area (TPSA) is 37.4 Å². The summed E-state index contributed by atoms with van der Waals surface area (Å²) in [5, 5.41) is 4.61. The van der Waals surface area contributed by atoms with E-state index in [0.717, 1.165) is 41.9 Å². The van der Waals surface area contributed by atoms with E-state index in [9.17, 15) is 0 Å². The average molecular weight is 349 g/mol. The predicted octanol–water partition coefficient (Wildman–Crippen LogP) is 4.22. The van der Waals surface area contributed by atoms with Gasteiger partial charge in [0.1, 0.15) is 5.75 Å². The van der Waals surface area contributed by atoms with Crippen molar-refractivity contribution in [3.63, 3.8) is 0 Å². The van der Waals surface area contributed by atoms with Crippen molar-refractivity contribution >= 4 is 16.6 Å². The van der Waals surface area contributed by atoms with Gasteiger partial charge >= 0.3 is 0 Å².